The van der Waals surface area contributed by atoms with Gasteiger partial charge in [0.05, 0.1) is 26.0 Å². The van der Waals surface area contributed by atoms with Gasteiger partial charge in [-0.1, -0.05) is 18.2 Å². The number of aryl methyl sites for hydroxylation is 1. The molecule has 1 aliphatic heterocycles. The lowest BCUT2D eigenvalue weighted by atomic mass is 10.1. The molecule has 8 heteroatoms. The lowest BCUT2D eigenvalue weighted by Crippen LogP contribution is -2.39. The minimum absolute atomic E-state index is 0.00656. The molecule has 0 saturated carbocycles. The Balaban J connectivity index is 1.24. The molecule has 3 aromatic rings. The summed E-state index contributed by atoms with van der Waals surface area (Å²) in [6.07, 6.45) is 2.47. The van der Waals surface area contributed by atoms with E-state index in [9.17, 15) is 9.59 Å². The summed E-state index contributed by atoms with van der Waals surface area (Å²) in [5.74, 6) is 2.79. The topological polar surface area (TPSA) is 86.3 Å². The summed E-state index contributed by atoms with van der Waals surface area (Å²) in [5, 5.41) is 2.92. The minimum Gasteiger partial charge on any atom is -0.497 e. The summed E-state index contributed by atoms with van der Waals surface area (Å²) in [6, 6.07) is 20.6. The monoisotopic (exact) mass is 518 g/mol. The summed E-state index contributed by atoms with van der Waals surface area (Å²) in [7, 11) is 1.61. The second kappa shape index (κ2) is 13.4. The van der Waals surface area contributed by atoms with Gasteiger partial charge in [-0.2, -0.15) is 0 Å². The third-order valence-electron chi connectivity index (χ3n) is 6.19. The molecule has 8 nitrogen and oxygen atoms in total. The number of unbranched alkanes of at least 4 members (excludes halogenated alkanes) is 1. The molecule has 0 saturated heterocycles. The van der Waals surface area contributed by atoms with Gasteiger partial charge in [-0.15, -0.1) is 0 Å². The Kier molecular flexibility index (Phi) is 9.45. The third-order valence-corrected chi connectivity index (χ3v) is 6.19. The van der Waals surface area contributed by atoms with E-state index in [-0.39, 0.29) is 18.4 Å². The Morgan fingerprint density at radius 2 is 1.71 bits per heavy atom. The number of anilines is 2. The van der Waals surface area contributed by atoms with E-state index in [0.29, 0.717) is 49.7 Å². The summed E-state index contributed by atoms with van der Waals surface area (Å²) in [6.45, 7) is 3.58. The zero-order chi connectivity index (χ0) is 26.7. The number of carbonyl (C=O) groups excluding carboxylic acids is 2. The van der Waals surface area contributed by atoms with Crippen LogP contribution in [0.25, 0.3) is 0 Å². The smallest absolute Gasteiger partial charge is 0.265 e. The molecule has 0 fully saturated rings. The van der Waals surface area contributed by atoms with Crippen molar-refractivity contribution < 1.29 is 28.5 Å². The van der Waals surface area contributed by atoms with Crippen LogP contribution in [0, 0.1) is 6.92 Å². The molecule has 0 radical (unpaired) electrons. The Hall–Kier alpha value is -4.20. The number of methoxy groups -OCH3 is 1. The Morgan fingerprint density at radius 1 is 0.947 bits per heavy atom. The first-order chi connectivity index (χ1) is 18.5. The van der Waals surface area contributed by atoms with Crippen LogP contribution in [0.3, 0.4) is 0 Å². The third kappa shape index (κ3) is 7.41. The quantitative estimate of drug-likeness (QED) is 0.306. The highest BCUT2D eigenvalue weighted by molar-refractivity contribution is 5.99. The number of rotatable bonds is 13. The zero-order valence-corrected chi connectivity index (χ0v) is 21.9. The largest absolute Gasteiger partial charge is 0.497 e. The average molecular weight is 519 g/mol. The Bertz CT molecular complexity index is 1230. The van der Waals surface area contributed by atoms with Crippen LogP contribution in [-0.4, -0.2) is 45.3 Å². The molecule has 0 aliphatic carbocycles. The number of benzene rings is 3. The fourth-order valence-corrected chi connectivity index (χ4v) is 4.12. The van der Waals surface area contributed by atoms with Crippen LogP contribution in [0.1, 0.15) is 31.2 Å². The van der Waals surface area contributed by atoms with Crippen molar-refractivity contribution in [2.75, 3.05) is 43.7 Å². The van der Waals surface area contributed by atoms with Gasteiger partial charge in [0.15, 0.2) is 6.61 Å². The van der Waals surface area contributed by atoms with E-state index in [4.69, 9.17) is 18.9 Å². The molecule has 3 aromatic carbocycles. The van der Waals surface area contributed by atoms with Crippen molar-refractivity contribution in [3.63, 3.8) is 0 Å². The molecule has 0 atom stereocenters. The summed E-state index contributed by atoms with van der Waals surface area (Å²) in [5.41, 5.74) is 2.39. The number of nitrogens with one attached hydrogen (secondary N) is 1. The molecule has 4 rings (SSSR count). The second-order valence-electron chi connectivity index (χ2n) is 9.01. The van der Waals surface area contributed by atoms with E-state index in [1.54, 1.807) is 30.2 Å². The van der Waals surface area contributed by atoms with Gasteiger partial charge in [0, 0.05) is 18.7 Å². The Labute approximate surface area is 223 Å². The lowest BCUT2D eigenvalue weighted by molar-refractivity contribution is -0.121. The molecule has 1 N–H and O–H groups in total. The van der Waals surface area contributed by atoms with Crippen molar-refractivity contribution in [2.45, 2.75) is 32.6 Å². The van der Waals surface area contributed by atoms with Crippen molar-refractivity contribution in [3.05, 3.63) is 72.3 Å². The molecular weight excluding hydrogens is 484 g/mol. The number of hydrogen-bond donors (Lipinski definition) is 1. The number of carbonyl (C=O) groups is 2. The number of para-hydroxylation sites is 1. The molecule has 38 heavy (non-hydrogen) atoms. The van der Waals surface area contributed by atoms with Crippen LogP contribution in [0.4, 0.5) is 11.4 Å². The molecule has 0 aromatic heterocycles. The van der Waals surface area contributed by atoms with E-state index < -0.39 is 0 Å². The zero-order valence-electron chi connectivity index (χ0n) is 21.9. The van der Waals surface area contributed by atoms with E-state index in [1.165, 1.54) is 0 Å². The van der Waals surface area contributed by atoms with Gasteiger partial charge in [0.25, 0.3) is 5.91 Å². The lowest BCUT2D eigenvalue weighted by Gasteiger charge is -2.30. The van der Waals surface area contributed by atoms with Crippen molar-refractivity contribution >= 4 is 23.2 Å². The van der Waals surface area contributed by atoms with E-state index >= 15 is 0 Å². The maximum absolute atomic E-state index is 12.6. The SMILES string of the molecule is COc1ccc(OCCCC(=O)Nc2ccc3c(c2)N(CCCCOc2ccccc2C)C(=O)CO3)cc1. The van der Waals surface area contributed by atoms with Crippen LogP contribution in [0.5, 0.6) is 23.0 Å². The first-order valence-electron chi connectivity index (χ1n) is 12.9. The maximum atomic E-state index is 12.6. The van der Waals surface area contributed by atoms with Gasteiger partial charge in [-0.3, -0.25) is 9.59 Å². The van der Waals surface area contributed by atoms with Crippen molar-refractivity contribution in [3.8, 4) is 23.0 Å². The van der Waals surface area contributed by atoms with Crippen LogP contribution in [-0.2, 0) is 9.59 Å². The van der Waals surface area contributed by atoms with Crippen molar-refractivity contribution in [1.29, 1.82) is 0 Å². The van der Waals surface area contributed by atoms with Gasteiger partial charge in [0.1, 0.15) is 23.0 Å². The predicted octanol–water partition coefficient (Wildman–Crippen LogP) is 5.39. The highest BCUT2D eigenvalue weighted by Crippen LogP contribution is 2.35. The van der Waals surface area contributed by atoms with E-state index in [1.807, 2.05) is 55.5 Å². The van der Waals surface area contributed by atoms with Gasteiger partial charge >= 0.3 is 0 Å². The highest BCUT2D eigenvalue weighted by Gasteiger charge is 2.25. The highest BCUT2D eigenvalue weighted by atomic mass is 16.5. The van der Waals surface area contributed by atoms with Crippen molar-refractivity contribution in [1.82, 2.24) is 0 Å². The molecule has 0 unspecified atom stereocenters. The molecule has 200 valence electrons. The summed E-state index contributed by atoms with van der Waals surface area (Å²) >= 11 is 0. The summed E-state index contributed by atoms with van der Waals surface area (Å²) < 4.78 is 22.3. The number of ether oxygens (including phenoxy) is 4. The predicted molar refractivity (Wildman–Crippen MR) is 147 cm³/mol. The number of amides is 2. The van der Waals surface area contributed by atoms with Crippen LogP contribution in [0.2, 0.25) is 0 Å². The van der Waals surface area contributed by atoms with Crippen LogP contribution >= 0.6 is 0 Å². The molecule has 1 heterocycles. The second-order valence-corrected chi connectivity index (χ2v) is 9.01. The van der Waals surface area contributed by atoms with Crippen molar-refractivity contribution in [2.24, 2.45) is 0 Å². The maximum Gasteiger partial charge on any atom is 0.265 e. The molecular formula is C30H34N2O6. The number of hydrogen-bond acceptors (Lipinski definition) is 6. The van der Waals surface area contributed by atoms with Crippen LogP contribution in [0.15, 0.2) is 66.7 Å². The normalized spacial score (nSPS) is 12.4. The molecule has 0 bridgehead atoms. The average Bonchev–Trinajstić information content (AvgIpc) is 2.93. The first kappa shape index (κ1) is 26.9. The fourth-order valence-electron chi connectivity index (χ4n) is 4.12. The van der Waals surface area contributed by atoms with E-state index in [0.717, 1.165) is 35.7 Å². The van der Waals surface area contributed by atoms with E-state index in [2.05, 4.69) is 5.32 Å². The molecule has 2 amide bonds. The van der Waals surface area contributed by atoms with Crippen LogP contribution < -0.4 is 29.2 Å². The summed E-state index contributed by atoms with van der Waals surface area (Å²) in [4.78, 5) is 26.8. The van der Waals surface area contributed by atoms with Gasteiger partial charge in [-0.05, 0) is 80.3 Å². The molecule has 0 spiro atoms. The first-order valence-corrected chi connectivity index (χ1v) is 12.9. The number of fused-ring (bicyclic) bond motifs is 1. The minimum atomic E-state index is -0.119. The van der Waals surface area contributed by atoms with Gasteiger partial charge in [0.2, 0.25) is 5.91 Å². The molecule has 1 aliphatic rings. The fraction of sp³-hybridized carbons (Fsp3) is 0.333. The van der Waals surface area contributed by atoms with Gasteiger partial charge < -0.3 is 29.2 Å². The Morgan fingerprint density at radius 3 is 2.50 bits per heavy atom. The number of nitrogens with zero attached hydrogens (tertiary/aromatic N) is 1. The van der Waals surface area contributed by atoms with Gasteiger partial charge in [-0.25, -0.2) is 0 Å². The standard InChI is InChI=1S/C30H34N2O6/c1-22-8-3-4-9-27(22)37-18-6-5-17-32-26-20-23(11-16-28(26)38-21-30(32)34)31-29(33)10-7-19-36-25-14-12-24(35-2)13-15-25/h3-4,8-9,11-16,20H,5-7,10,17-19,21H2,1-2H3,(H,31,33).